The number of morpholine rings is 1. The molecule has 1 fully saturated rings. The summed E-state index contributed by atoms with van der Waals surface area (Å²) in [5.74, 6) is 0.0128. The number of ether oxygens (including phenoxy) is 3. The second-order valence-electron chi connectivity index (χ2n) is 7.38. The Morgan fingerprint density at radius 3 is 2.59 bits per heavy atom. The van der Waals surface area contributed by atoms with Crippen molar-refractivity contribution in [1.82, 2.24) is 4.98 Å². The standard InChI is InChI=1S/C21H29N3O5/c1-5-27-15-7-8-17-16(9-15)19(20(22-17)21(26)28-6-2)23-18(25)12-24-10-13(3)29-14(4)11-24/h7-9,13-14,22H,5-6,10-12H2,1-4H3,(H,23,25)/p+1/t13-,14+. The molecule has 29 heavy (non-hydrogen) atoms. The second-order valence-corrected chi connectivity index (χ2v) is 7.38. The lowest BCUT2D eigenvalue weighted by Crippen LogP contribution is -3.16. The molecule has 2 aromatic rings. The first-order valence-electron chi connectivity index (χ1n) is 10.2. The number of carbonyl (C=O) groups is 2. The third-order valence-corrected chi connectivity index (χ3v) is 4.85. The summed E-state index contributed by atoms with van der Waals surface area (Å²) in [6, 6.07) is 5.47. The summed E-state index contributed by atoms with van der Waals surface area (Å²) >= 11 is 0. The molecule has 158 valence electrons. The second kappa shape index (κ2) is 9.28. The van der Waals surface area contributed by atoms with Crippen molar-refractivity contribution >= 4 is 28.5 Å². The number of carbonyl (C=O) groups excluding carboxylic acids is 2. The first-order valence-corrected chi connectivity index (χ1v) is 10.2. The zero-order chi connectivity index (χ0) is 21.0. The Hall–Kier alpha value is -2.58. The van der Waals surface area contributed by atoms with Crippen LogP contribution >= 0.6 is 0 Å². The SMILES string of the molecule is CCOC(=O)c1[nH]c2ccc(OCC)cc2c1NC(=O)C[NH+]1C[C@@H](C)O[C@@H](C)C1. The molecule has 0 bridgehead atoms. The monoisotopic (exact) mass is 404 g/mol. The summed E-state index contributed by atoms with van der Waals surface area (Å²) in [6.07, 6.45) is 0.219. The molecular formula is C21H30N3O5+. The van der Waals surface area contributed by atoms with Crippen LogP contribution in [0.3, 0.4) is 0 Å². The number of rotatable bonds is 7. The molecule has 0 saturated carbocycles. The number of nitrogens with one attached hydrogen (secondary N) is 3. The summed E-state index contributed by atoms with van der Waals surface area (Å²) in [5.41, 5.74) is 1.40. The Kier molecular flexibility index (Phi) is 6.76. The van der Waals surface area contributed by atoms with Crippen LogP contribution in [0, 0.1) is 0 Å². The highest BCUT2D eigenvalue weighted by Crippen LogP contribution is 2.31. The van der Waals surface area contributed by atoms with Crippen molar-refractivity contribution in [2.75, 3.05) is 38.2 Å². The quantitative estimate of drug-likeness (QED) is 0.606. The molecule has 1 unspecified atom stereocenters. The van der Waals surface area contributed by atoms with Crippen LogP contribution in [0.4, 0.5) is 5.69 Å². The molecule has 3 atom stereocenters. The van der Waals surface area contributed by atoms with Gasteiger partial charge in [0, 0.05) is 10.9 Å². The maximum atomic E-state index is 12.8. The van der Waals surface area contributed by atoms with Crippen LogP contribution in [0.1, 0.15) is 38.2 Å². The molecule has 2 heterocycles. The Labute approximate surface area is 170 Å². The van der Waals surface area contributed by atoms with Crippen LogP contribution in [0.25, 0.3) is 10.9 Å². The van der Waals surface area contributed by atoms with Gasteiger partial charge in [-0.3, -0.25) is 4.79 Å². The van der Waals surface area contributed by atoms with Gasteiger partial charge in [0.25, 0.3) is 5.91 Å². The summed E-state index contributed by atoms with van der Waals surface area (Å²) in [5, 5.41) is 3.64. The molecule has 1 amide bonds. The van der Waals surface area contributed by atoms with E-state index in [1.54, 1.807) is 6.92 Å². The smallest absolute Gasteiger partial charge is 0.356 e. The van der Waals surface area contributed by atoms with Gasteiger partial charge in [0.05, 0.1) is 18.9 Å². The summed E-state index contributed by atoms with van der Waals surface area (Å²) in [7, 11) is 0. The highest BCUT2D eigenvalue weighted by molar-refractivity contribution is 6.11. The first kappa shape index (κ1) is 21.1. The van der Waals surface area contributed by atoms with E-state index in [0.717, 1.165) is 23.5 Å². The van der Waals surface area contributed by atoms with Gasteiger partial charge in [0.1, 0.15) is 36.7 Å². The van der Waals surface area contributed by atoms with E-state index in [9.17, 15) is 9.59 Å². The van der Waals surface area contributed by atoms with E-state index in [2.05, 4.69) is 10.3 Å². The van der Waals surface area contributed by atoms with Crippen LogP contribution in [-0.4, -0.2) is 61.9 Å². The summed E-state index contributed by atoms with van der Waals surface area (Å²) in [4.78, 5) is 29.5. The Balaban J connectivity index is 1.86. The number of amides is 1. The molecule has 0 spiro atoms. The molecule has 0 radical (unpaired) electrons. The largest absolute Gasteiger partial charge is 0.494 e. The molecule has 1 aromatic carbocycles. The topological polar surface area (TPSA) is 94.1 Å². The summed E-state index contributed by atoms with van der Waals surface area (Å²) < 4.78 is 16.5. The van der Waals surface area contributed by atoms with Gasteiger partial charge in [0.15, 0.2) is 6.54 Å². The molecule has 0 aliphatic carbocycles. The van der Waals surface area contributed by atoms with Crippen molar-refractivity contribution in [2.24, 2.45) is 0 Å². The van der Waals surface area contributed by atoms with Crippen molar-refractivity contribution in [3.05, 3.63) is 23.9 Å². The Bertz CT molecular complexity index is 869. The highest BCUT2D eigenvalue weighted by Gasteiger charge is 2.28. The lowest BCUT2D eigenvalue weighted by Gasteiger charge is -2.31. The van der Waals surface area contributed by atoms with E-state index in [0.29, 0.717) is 30.0 Å². The Morgan fingerprint density at radius 2 is 1.93 bits per heavy atom. The van der Waals surface area contributed by atoms with E-state index in [4.69, 9.17) is 14.2 Å². The van der Waals surface area contributed by atoms with Gasteiger partial charge in [0.2, 0.25) is 0 Å². The summed E-state index contributed by atoms with van der Waals surface area (Å²) in [6.45, 7) is 10.3. The fourth-order valence-corrected chi connectivity index (χ4v) is 3.86. The van der Waals surface area contributed by atoms with Gasteiger partial charge in [-0.2, -0.15) is 0 Å². The molecule has 1 saturated heterocycles. The first-order chi connectivity index (χ1) is 13.9. The predicted octanol–water partition coefficient (Wildman–Crippen LogP) is 1.37. The number of benzene rings is 1. The molecule has 1 aliphatic heterocycles. The highest BCUT2D eigenvalue weighted by atomic mass is 16.5. The third kappa shape index (κ3) is 5.07. The van der Waals surface area contributed by atoms with Gasteiger partial charge < -0.3 is 29.4 Å². The number of H-pyrrole nitrogens is 1. The van der Waals surface area contributed by atoms with E-state index in [1.165, 1.54) is 0 Å². The van der Waals surface area contributed by atoms with E-state index in [1.807, 2.05) is 39.0 Å². The van der Waals surface area contributed by atoms with Gasteiger partial charge in [-0.25, -0.2) is 4.79 Å². The van der Waals surface area contributed by atoms with Gasteiger partial charge >= 0.3 is 5.97 Å². The van der Waals surface area contributed by atoms with Crippen LogP contribution in [0.15, 0.2) is 18.2 Å². The number of quaternary nitrogens is 1. The van der Waals surface area contributed by atoms with Crippen molar-refractivity contribution in [1.29, 1.82) is 0 Å². The molecule has 3 rings (SSSR count). The zero-order valence-electron chi connectivity index (χ0n) is 17.5. The maximum Gasteiger partial charge on any atom is 0.356 e. The minimum atomic E-state index is -0.502. The average molecular weight is 404 g/mol. The van der Waals surface area contributed by atoms with Gasteiger partial charge in [-0.1, -0.05) is 0 Å². The van der Waals surface area contributed by atoms with Gasteiger partial charge in [-0.15, -0.1) is 0 Å². The lowest BCUT2D eigenvalue weighted by molar-refractivity contribution is -0.907. The predicted molar refractivity (Wildman–Crippen MR) is 110 cm³/mol. The van der Waals surface area contributed by atoms with Crippen molar-refractivity contribution in [2.45, 2.75) is 39.9 Å². The van der Waals surface area contributed by atoms with E-state index >= 15 is 0 Å². The van der Waals surface area contributed by atoms with Crippen LogP contribution in [0.5, 0.6) is 5.75 Å². The zero-order valence-corrected chi connectivity index (χ0v) is 17.5. The number of esters is 1. The van der Waals surface area contributed by atoms with E-state index in [-0.39, 0.29) is 30.4 Å². The van der Waals surface area contributed by atoms with E-state index < -0.39 is 5.97 Å². The number of fused-ring (bicyclic) bond motifs is 1. The molecule has 1 aromatic heterocycles. The average Bonchev–Trinajstić information content (AvgIpc) is 2.99. The van der Waals surface area contributed by atoms with Crippen molar-refractivity contribution in [3.8, 4) is 5.75 Å². The normalized spacial score (nSPS) is 21.7. The van der Waals surface area contributed by atoms with Gasteiger partial charge in [-0.05, 0) is 45.9 Å². The number of anilines is 1. The van der Waals surface area contributed by atoms with Crippen LogP contribution in [-0.2, 0) is 14.3 Å². The molecule has 8 heteroatoms. The molecule has 8 nitrogen and oxygen atoms in total. The molecule has 1 aliphatic rings. The number of hydrogen-bond donors (Lipinski definition) is 3. The Morgan fingerprint density at radius 1 is 1.21 bits per heavy atom. The fourth-order valence-electron chi connectivity index (χ4n) is 3.86. The molecule has 3 N–H and O–H groups in total. The maximum absolute atomic E-state index is 12.8. The third-order valence-electron chi connectivity index (χ3n) is 4.85. The van der Waals surface area contributed by atoms with Crippen LogP contribution < -0.4 is 15.0 Å². The number of aromatic nitrogens is 1. The minimum absolute atomic E-state index is 0.110. The van der Waals surface area contributed by atoms with Crippen molar-refractivity contribution < 1.29 is 28.7 Å². The number of hydrogen-bond acceptors (Lipinski definition) is 5. The molecular weight excluding hydrogens is 374 g/mol. The van der Waals surface area contributed by atoms with Crippen molar-refractivity contribution in [3.63, 3.8) is 0 Å². The minimum Gasteiger partial charge on any atom is -0.494 e. The number of aromatic amines is 1. The lowest BCUT2D eigenvalue weighted by atomic mass is 10.2. The van der Waals surface area contributed by atoms with Crippen LogP contribution in [0.2, 0.25) is 0 Å². The fraction of sp³-hybridized carbons (Fsp3) is 0.524.